The van der Waals surface area contributed by atoms with Gasteiger partial charge in [0.2, 0.25) is 0 Å². The molecule has 0 saturated carbocycles. The van der Waals surface area contributed by atoms with Crippen molar-refractivity contribution in [1.29, 1.82) is 0 Å². The molecule has 0 bridgehead atoms. The van der Waals surface area contributed by atoms with Crippen molar-refractivity contribution in [2.45, 2.75) is 25.6 Å². The summed E-state index contributed by atoms with van der Waals surface area (Å²) in [4.78, 5) is 12.2. The van der Waals surface area contributed by atoms with Crippen molar-refractivity contribution in [3.8, 4) is 0 Å². The zero-order chi connectivity index (χ0) is 19.3. The average molecular weight is 367 g/mol. The van der Waals surface area contributed by atoms with Crippen LogP contribution in [-0.4, -0.2) is 18.0 Å². The summed E-state index contributed by atoms with van der Waals surface area (Å²) in [5, 5.41) is 12.3. The van der Waals surface area contributed by atoms with E-state index in [2.05, 4.69) is 5.32 Å². The van der Waals surface area contributed by atoms with Crippen LogP contribution in [0.5, 0.6) is 0 Å². The van der Waals surface area contributed by atoms with Crippen LogP contribution in [0, 0.1) is 5.82 Å². The molecule has 0 aliphatic carbocycles. The summed E-state index contributed by atoms with van der Waals surface area (Å²) >= 11 is 0. The Morgan fingerprint density at radius 3 is 2.54 bits per heavy atom. The van der Waals surface area contributed by atoms with Crippen LogP contribution >= 0.6 is 0 Å². The lowest BCUT2D eigenvalue weighted by atomic mass is 9.78. The van der Waals surface area contributed by atoms with Crippen molar-refractivity contribution in [2.24, 2.45) is 0 Å². The molecule has 0 unspecified atom stereocenters. The molecular weight excluding hydrogens is 353 g/mol. The van der Waals surface area contributed by atoms with E-state index in [-0.39, 0.29) is 5.69 Å². The topological polar surface area (TPSA) is 58.6 Å². The molecule has 0 saturated heterocycles. The highest BCUT2D eigenvalue weighted by molar-refractivity contribution is 6.62. The molecule has 3 rings (SSSR count). The van der Waals surface area contributed by atoms with Crippen molar-refractivity contribution in [3.63, 3.8) is 0 Å². The summed E-state index contributed by atoms with van der Waals surface area (Å²) in [7, 11) is -1.19. The number of halogens is 4. The Labute approximate surface area is 146 Å². The van der Waals surface area contributed by atoms with Crippen LogP contribution in [0.4, 0.5) is 23.2 Å². The molecule has 0 spiro atoms. The first kappa shape index (κ1) is 18.4. The Morgan fingerprint density at radius 2 is 1.88 bits per heavy atom. The van der Waals surface area contributed by atoms with E-state index in [9.17, 15) is 27.4 Å². The number of anilines is 1. The van der Waals surface area contributed by atoms with E-state index in [0.717, 1.165) is 0 Å². The fourth-order valence-corrected chi connectivity index (χ4v) is 2.87. The average Bonchev–Trinajstić information content (AvgIpc) is 2.75. The minimum atomic E-state index is -4.69. The maximum Gasteiger partial charge on any atom is 0.492 e. The molecule has 0 atom stereocenters. The summed E-state index contributed by atoms with van der Waals surface area (Å²) in [6, 6.07) is 6.20. The molecule has 2 aromatic carbocycles. The van der Waals surface area contributed by atoms with E-state index < -0.39 is 41.7 Å². The normalized spacial score (nSPS) is 15.7. The maximum atomic E-state index is 13.8. The van der Waals surface area contributed by atoms with Crippen LogP contribution in [0.15, 0.2) is 36.4 Å². The number of carbonyl (C=O) groups is 1. The minimum absolute atomic E-state index is 0.200. The number of amides is 1. The lowest BCUT2D eigenvalue weighted by Gasteiger charge is -2.19. The van der Waals surface area contributed by atoms with Gasteiger partial charge < -0.3 is 15.0 Å². The van der Waals surface area contributed by atoms with E-state index in [4.69, 9.17) is 4.65 Å². The Kier molecular flexibility index (Phi) is 4.32. The Hall–Kier alpha value is -2.39. The highest BCUT2D eigenvalue weighted by atomic mass is 19.4. The first-order valence-electron chi connectivity index (χ1n) is 7.67. The van der Waals surface area contributed by atoms with Crippen LogP contribution in [0.3, 0.4) is 0 Å². The van der Waals surface area contributed by atoms with Gasteiger partial charge >= 0.3 is 13.3 Å². The second-order valence-corrected chi connectivity index (χ2v) is 6.43. The SMILES string of the molecule is CC1(C)OB(O)c2cc(NC(=O)c3cc(C(F)(F)F)ccc3F)ccc21. The summed E-state index contributed by atoms with van der Waals surface area (Å²) < 4.78 is 57.5. The molecule has 1 aliphatic rings. The first-order valence-corrected chi connectivity index (χ1v) is 7.67. The molecule has 0 fully saturated rings. The van der Waals surface area contributed by atoms with Gasteiger partial charge in [-0.1, -0.05) is 6.07 Å². The lowest BCUT2D eigenvalue weighted by Crippen LogP contribution is -2.29. The van der Waals surface area contributed by atoms with Crippen molar-refractivity contribution in [2.75, 3.05) is 5.32 Å². The third-order valence-corrected chi connectivity index (χ3v) is 4.17. The van der Waals surface area contributed by atoms with Crippen LogP contribution in [0.1, 0.15) is 35.3 Å². The summed E-state index contributed by atoms with van der Waals surface area (Å²) in [5.74, 6) is -2.10. The zero-order valence-corrected chi connectivity index (χ0v) is 13.8. The van der Waals surface area contributed by atoms with E-state index in [1.54, 1.807) is 19.9 Å². The highest BCUT2D eigenvalue weighted by Gasteiger charge is 2.40. The van der Waals surface area contributed by atoms with Crippen LogP contribution in [-0.2, 0) is 16.4 Å². The summed E-state index contributed by atoms with van der Waals surface area (Å²) in [6.45, 7) is 3.52. The van der Waals surface area contributed by atoms with Crippen molar-refractivity contribution in [3.05, 3.63) is 58.9 Å². The summed E-state index contributed by atoms with van der Waals surface area (Å²) in [5.41, 5.74) is -1.22. The number of carbonyl (C=O) groups excluding carboxylic acids is 1. The van der Waals surface area contributed by atoms with Gasteiger partial charge in [0.05, 0.1) is 16.7 Å². The molecule has 1 aliphatic heterocycles. The van der Waals surface area contributed by atoms with Crippen LogP contribution < -0.4 is 10.8 Å². The third-order valence-electron chi connectivity index (χ3n) is 4.17. The quantitative estimate of drug-likeness (QED) is 0.634. The van der Waals surface area contributed by atoms with E-state index in [1.165, 1.54) is 12.1 Å². The zero-order valence-electron chi connectivity index (χ0n) is 13.8. The fourth-order valence-electron chi connectivity index (χ4n) is 2.87. The van der Waals surface area contributed by atoms with Gasteiger partial charge in [0, 0.05) is 5.69 Å². The fraction of sp³-hybridized carbons (Fsp3) is 0.235. The van der Waals surface area contributed by atoms with E-state index in [1.807, 2.05) is 0 Å². The standard InChI is InChI=1S/C17H14BF4NO3/c1-16(2)12-5-4-10(8-13(12)18(25)26-16)23-15(24)11-7-9(17(20,21)22)3-6-14(11)19/h3-8,25H,1-2H3,(H,23,24). The molecule has 2 aromatic rings. The molecule has 1 heterocycles. The van der Waals surface area contributed by atoms with Crippen molar-refractivity contribution < 1.29 is 32.0 Å². The summed E-state index contributed by atoms with van der Waals surface area (Å²) in [6.07, 6.45) is -4.69. The van der Waals surface area contributed by atoms with Crippen LogP contribution in [0.25, 0.3) is 0 Å². The van der Waals surface area contributed by atoms with Gasteiger partial charge in [-0.15, -0.1) is 0 Å². The second-order valence-electron chi connectivity index (χ2n) is 6.43. The highest BCUT2D eigenvalue weighted by Crippen LogP contribution is 2.32. The number of hydrogen-bond donors (Lipinski definition) is 2. The number of rotatable bonds is 2. The van der Waals surface area contributed by atoms with Gasteiger partial charge in [0.25, 0.3) is 5.91 Å². The largest absolute Gasteiger partial charge is 0.492 e. The Bertz CT molecular complexity index is 883. The number of alkyl halides is 3. The molecule has 1 amide bonds. The number of benzene rings is 2. The number of fused-ring (bicyclic) bond motifs is 1. The molecule has 26 heavy (non-hydrogen) atoms. The molecule has 0 aromatic heterocycles. The van der Waals surface area contributed by atoms with E-state index >= 15 is 0 Å². The number of nitrogens with one attached hydrogen (secondary N) is 1. The second kappa shape index (κ2) is 6.10. The smallest absolute Gasteiger partial charge is 0.423 e. The van der Waals surface area contributed by atoms with Gasteiger partial charge in [-0.25, -0.2) is 4.39 Å². The molecular formula is C17H14BF4NO3. The lowest BCUT2D eigenvalue weighted by molar-refractivity contribution is -0.137. The van der Waals surface area contributed by atoms with Crippen molar-refractivity contribution >= 4 is 24.2 Å². The maximum absolute atomic E-state index is 13.8. The van der Waals surface area contributed by atoms with Gasteiger partial charge in [-0.3, -0.25) is 4.79 Å². The predicted octanol–water partition coefficient (Wildman–Crippen LogP) is 3.05. The van der Waals surface area contributed by atoms with Gasteiger partial charge in [-0.2, -0.15) is 13.2 Å². The third kappa shape index (κ3) is 3.32. The van der Waals surface area contributed by atoms with Crippen molar-refractivity contribution in [1.82, 2.24) is 0 Å². The monoisotopic (exact) mass is 367 g/mol. The minimum Gasteiger partial charge on any atom is -0.423 e. The first-order chi connectivity index (χ1) is 12.0. The van der Waals surface area contributed by atoms with Gasteiger partial charge in [0.15, 0.2) is 0 Å². The van der Waals surface area contributed by atoms with E-state index in [0.29, 0.717) is 29.2 Å². The van der Waals surface area contributed by atoms with Gasteiger partial charge in [0.1, 0.15) is 5.82 Å². The molecule has 9 heteroatoms. The number of hydrogen-bond acceptors (Lipinski definition) is 3. The molecule has 0 radical (unpaired) electrons. The Balaban J connectivity index is 1.89. The van der Waals surface area contributed by atoms with Crippen LogP contribution in [0.2, 0.25) is 0 Å². The molecule has 136 valence electrons. The predicted molar refractivity (Wildman–Crippen MR) is 87.5 cm³/mol. The molecule has 4 nitrogen and oxygen atoms in total. The van der Waals surface area contributed by atoms with Gasteiger partial charge in [-0.05, 0) is 55.2 Å². The molecule has 2 N–H and O–H groups in total. The Morgan fingerprint density at radius 1 is 1.19 bits per heavy atom.